The first kappa shape index (κ1) is 13.0. The Kier molecular flexibility index (Phi) is 3.93. The van der Waals surface area contributed by atoms with E-state index in [0.29, 0.717) is 10.2 Å². The zero-order valence-electron chi connectivity index (χ0n) is 9.24. The Bertz CT molecular complexity index is 428. The fourth-order valence-electron chi connectivity index (χ4n) is 1.62. The minimum atomic E-state index is -1.59. The number of ether oxygens (including phenoxy) is 1. The number of carboxylic acid groups (broad SMARTS) is 1. The average molecular weight is 289 g/mol. The normalized spacial score (nSPS) is 12.3. The fourth-order valence-corrected chi connectivity index (χ4v) is 2.13. The topological polar surface area (TPSA) is 66.8 Å². The van der Waals surface area contributed by atoms with Crippen molar-refractivity contribution in [1.82, 2.24) is 0 Å². The second-order valence-electron chi connectivity index (χ2n) is 3.51. The standard InChI is InChI=1S/C11H13BrO4/c1-5-4-6(2)10(16-3)7(8(5)12)9(13)11(14)15/h4,9,13H,1-3H3,(H,14,15). The van der Waals surface area contributed by atoms with E-state index in [4.69, 9.17) is 9.84 Å². The van der Waals surface area contributed by atoms with Crippen molar-refractivity contribution in [2.75, 3.05) is 7.11 Å². The molecule has 0 saturated heterocycles. The zero-order valence-corrected chi connectivity index (χ0v) is 10.8. The van der Waals surface area contributed by atoms with Crippen LogP contribution in [0.5, 0.6) is 5.75 Å². The molecule has 0 aromatic heterocycles. The SMILES string of the molecule is COc1c(C)cc(C)c(Br)c1C(O)C(=O)O. The van der Waals surface area contributed by atoms with Crippen LogP contribution >= 0.6 is 15.9 Å². The van der Waals surface area contributed by atoms with Gasteiger partial charge in [-0.25, -0.2) is 4.79 Å². The van der Waals surface area contributed by atoms with E-state index in [9.17, 15) is 9.90 Å². The number of aliphatic carboxylic acids is 1. The van der Waals surface area contributed by atoms with Gasteiger partial charge in [0.25, 0.3) is 0 Å². The van der Waals surface area contributed by atoms with Crippen molar-refractivity contribution < 1.29 is 19.7 Å². The van der Waals surface area contributed by atoms with Crippen LogP contribution in [-0.4, -0.2) is 23.3 Å². The highest BCUT2D eigenvalue weighted by molar-refractivity contribution is 9.10. The molecule has 0 aliphatic rings. The van der Waals surface area contributed by atoms with Crippen LogP contribution in [0.1, 0.15) is 22.8 Å². The summed E-state index contributed by atoms with van der Waals surface area (Å²) in [5.41, 5.74) is 1.90. The second-order valence-corrected chi connectivity index (χ2v) is 4.31. The van der Waals surface area contributed by atoms with Crippen LogP contribution in [0.2, 0.25) is 0 Å². The Morgan fingerprint density at radius 2 is 2.00 bits per heavy atom. The molecule has 5 heteroatoms. The van der Waals surface area contributed by atoms with E-state index in [-0.39, 0.29) is 5.56 Å². The highest BCUT2D eigenvalue weighted by Crippen LogP contribution is 2.37. The van der Waals surface area contributed by atoms with Crippen molar-refractivity contribution in [3.8, 4) is 5.75 Å². The number of carboxylic acids is 1. The average Bonchev–Trinajstić information content (AvgIpc) is 2.21. The van der Waals surface area contributed by atoms with E-state index in [1.54, 1.807) is 6.92 Å². The monoisotopic (exact) mass is 288 g/mol. The Labute approximate surface area is 102 Å². The van der Waals surface area contributed by atoms with Crippen LogP contribution in [0.3, 0.4) is 0 Å². The van der Waals surface area contributed by atoms with E-state index in [1.807, 2.05) is 13.0 Å². The number of aliphatic hydroxyl groups excluding tert-OH is 1. The first-order chi connectivity index (χ1) is 7.40. The van der Waals surface area contributed by atoms with Crippen LogP contribution in [-0.2, 0) is 4.79 Å². The van der Waals surface area contributed by atoms with Gasteiger partial charge in [-0.15, -0.1) is 0 Å². The Morgan fingerprint density at radius 3 is 2.44 bits per heavy atom. The van der Waals surface area contributed by atoms with E-state index in [1.165, 1.54) is 7.11 Å². The number of carbonyl (C=O) groups is 1. The molecule has 0 amide bonds. The largest absolute Gasteiger partial charge is 0.496 e. The summed E-state index contributed by atoms with van der Waals surface area (Å²) < 4.78 is 5.69. The molecule has 88 valence electrons. The molecule has 0 spiro atoms. The highest BCUT2D eigenvalue weighted by Gasteiger charge is 2.25. The molecule has 1 aromatic rings. The number of halogens is 1. The predicted molar refractivity (Wildman–Crippen MR) is 62.8 cm³/mol. The second kappa shape index (κ2) is 4.84. The maximum absolute atomic E-state index is 10.8. The number of aliphatic hydroxyl groups is 1. The molecule has 0 saturated carbocycles. The Hall–Kier alpha value is -1.07. The third-order valence-electron chi connectivity index (χ3n) is 2.33. The number of methoxy groups -OCH3 is 1. The predicted octanol–water partition coefficient (Wildman–Crippen LogP) is 2.19. The van der Waals surface area contributed by atoms with Crippen LogP contribution in [0.4, 0.5) is 0 Å². The van der Waals surface area contributed by atoms with Crippen LogP contribution in [0.25, 0.3) is 0 Å². The van der Waals surface area contributed by atoms with Gasteiger partial charge in [0.15, 0.2) is 6.10 Å². The Balaban J connectivity index is 3.50. The summed E-state index contributed by atoms with van der Waals surface area (Å²) in [5.74, 6) is -0.906. The molecule has 0 fully saturated rings. The van der Waals surface area contributed by atoms with E-state index >= 15 is 0 Å². The third kappa shape index (κ3) is 2.20. The first-order valence-electron chi connectivity index (χ1n) is 4.64. The zero-order chi connectivity index (χ0) is 12.5. The molecule has 4 nitrogen and oxygen atoms in total. The molecule has 1 atom stereocenters. The van der Waals surface area contributed by atoms with Crippen molar-refractivity contribution in [1.29, 1.82) is 0 Å². The summed E-state index contributed by atoms with van der Waals surface area (Å²) in [5, 5.41) is 18.5. The smallest absolute Gasteiger partial charge is 0.337 e. The lowest BCUT2D eigenvalue weighted by Gasteiger charge is -2.17. The van der Waals surface area contributed by atoms with Crippen LogP contribution < -0.4 is 4.74 Å². The molecule has 0 aliphatic carbocycles. The van der Waals surface area contributed by atoms with Crippen molar-refractivity contribution in [3.05, 3.63) is 27.2 Å². The molecule has 1 unspecified atom stereocenters. The summed E-state index contributed by atoms with van der Waals surface area (Å²) in [6, 6.07) is 1.86. The van der Waals surface area contributed by atoms with Crippen molar-refractivity contribution in [3.63, 3.8) is 0 Å². The maximum Gasteiger partial charge on any atom is 0.337 e. The van der Waals surface area contributed by atoms with E-state index in [0.717, 1.165) is 11.1 Å². The molecular formula is C11H13BrO4. The number of rotatable bonds is 3. The molecule has 1 rings (SSSR count). The molecule has 2 N–H and O–H groups in total. The van der Waals surface area contributed by atoms with Crippen LogP contribution in [0.15, 0.2) is 10.5 Å². The van der Waals surface area contributed by atoms with Gasteiger partial charge in [-0.2, -0.15) is 0 Å². The number of aryl methyl sites for hydroxylation is 2. The lowest BCUT2D eigenvalue weighted by atomic mass is 10.0. The van der Waals surface area contributed by atoms with Crippen molar-refractivity contribution >= 4 is 21.9 Å². The first-order valence-corrected chi connectivity index (χ1v) is 5.43. The van der Waals surface area contributed by atoms with Crippen molar-refractivity contribution in [2.45, 2.75) is 20.0 Å². The van der Waals surface area contributed by atoms with Crippen molar-refractivity contribution in [2.24, 2.45) is 0 Å². The minimum Gasteiger partial charge on any atom is -0.496 e. The molecular weight excluding hydrogens is 276 g/mol. The quantitative estimate of drug-likeness (QED) is 0.895. The van der Waals surface area contributed by atoms with Crippen LogP contribution in [0, 0.1) is 13.8 Å². The Morgan fingerprint density at radius 1 is 1.44 bits per heavy atom. The van der Waals surface area contributed by atoms with Gasteiger partial charge in [0.2, 0.25) is 0 Å². The van der Waals surface area contributed by atoms with Gasteiger partial charge in [0.1, 0.15) is 5.75 Å². The van der Waals surface area contributed by atoms with Gasteiger partial charge in [0.05, 0.1) is 7.11 Å². The molecule has 1 aromatic carbocycles. The molecule has 0 bridgehead atoms. The van der Waals surface area contributed by atoms with E-state index < -0.39 is 12.1 Å². The summed E-state index contributed by atoms with van der Waals surface area (Å²) in [6.07, 6.45) is -1.59. The van der Waals surface area contributed by atoms with Gasteiger partial charge >= 0.3 is 5.97 Å². The lowest BCUT2D eigenvalue weighted by molar-refractivity contribution is -0.147. The number of benzene rings is 1. The lowest BCUT2D eigenvalue weighted by Crippen LogP contribution is -2.13. The summed E-state index contributed by atoms with van der Waals surface area (Å²) >= 11 is 3.27. The molecule has 0 aliphatic heterocycles. The maximum atomic E-state index is 10.8. The summed E-state index contributed by atoms with van der Waals surface area (Å²) in [6.45, 7) is 3.63. The summed E-state index contributed by atoms with van der Waals surface area (Å²) in [4.78, 5) is 10.8. The van der Waals surface area contributed by atoms with Gasteiger partial charge < -0.3 is 14.9 Å². The number of hydrogen-bond donors (Lipinski definition) is 2. The summed E-state index contributed by atoms with van der Waals surface area (Å²) in [7, 11) is 1.45. The highest BCUT2D eigenvalue weighted by atomic mass is 79.9. The minimum absolute atomic E-state index is 0.257. The van der Waals surface area contributed by atoms with Gasteiger partial charge in [-0.1, -0.05) is 6.07 Å². The molecule has 0 radical (unpaired) electrons. The molecule has 16 heavy (non-hydrogen) atoms. The molecule has 0 heterocycles. The fraction of sp³-hybridized carbons (Fsp3) is 0.364. The van der Waals surface area contributed by atoms with Gasteiger partial charge in [-0.3, -0.25) is 0 Å². The van der Waals surface area contributed by atoms with Gasteiger partial charge in [0, 0.05) is 10.0 Å². The van der Waals surface area contributed by atoms with E-state index in [2.05, 4.69) is 15.9 Å². The van der Waals surface area contributed by atoms with Gasteiger partial charge in [-0.05, 0) is 40.9 Å². The number of hydrogen-bond acceptors (Lipinski definition) is 3. The third-order valence-corrected chi connectivity index (χ3v) is 3.38.